The molecular weight excluding hydrogens is 396 g/mol. The molecule has 9 nitrogen and oxygen atoms in total. The zero-order valence-corrected chi connectivity index (χ0v) is 17.3. The van der Waals surface area contributed by atoms with Crippen molar-refractivity contribution in [1.29, 1.82) is 0 Å². The van der Waals surface area contributed by atoms with E-state index in [1.807, 2.05) is 31.2 Å². The number of H-pyrrole nitrogens is 1. The van der Waals surface area contributed by atoms with Crippen molar-refractivity contribution in [1.82, 2.24) is 30.7 Å². The Bertz CT molecular complexity index is 1190. The van der Waals surface area contributed by atoms with Crippen LogP contribution < -0.4 is 14.8 Å². The molecule has 0 saturated carbocycles. The first kappa shape index (κ1) is 20.3. The van der Waals surface area contributed by atoms with Gasteiger partial charge in [-0.1, -0.05) is 5.21 Å². The number of nitrogens with one attached hydrogen (secondary N) is 2. The molecule has 0 atom stereocenters. The molecule has 0 aliphatic carbocycles. The molecule has 0 unspecified atom stereocenters. The summed E-state index contributed by atoms with van der Waals surface area (Å²) in [4.78, 5) is 21.5. The number of methoxy groups -OCH3 is 1. The average Bonchev–Trinajstić information content (AvgIpc) is 3.32. The Morgan fingerprint density at radius 2 is 2.10 bits per heavy atom. The second-order valence-electron chi connectivity index (χ2n) is 6.74. The number of nitrogens with zero attached hydrogens (tertiary/aromatic N) is 4. The molecule has 9 heteroatoms. The highest BCUT2D eigenvalue weighted by Crippen LogP contribution is 2.31. The highest BCUT2D eigenvalue weighted by molar-refractivity contribution is 5.99. The second-order valence-corrected chi connectivity index (χ2v) is 6.74. The molecule has 31 heavy (non-hydrogen) atoms. The summed E-state index contributed by atoms with van der Waals surface area (Å²) < 4.78 is 11.1. The molecule has 0 aliphatic heterocycles. The standard InChI is InChI=1S/C22H22N6O3/c1-3-31-20-12-18(14-6-8-23-21(11-14)30-2)26-19-10-15(4-5-17(19)20)22(29)24-9-7-16-13-25-28-27-16/h4-6,8,10-13H,3,7,9H2,1-2H3,(H,24,29)(H,25,27,28). The van der Waals surface area contributed by atoms with Gasteiger partial charge in [-0.05, 0) is 31.2 Å². The number of rotatable bonds is 8. The number of fused-ring (bicyclic) bond motifs is 1. The summed E-state index contributed by atoms with van der Waals surface area (Å²) in [7, 11) is 1.57. The van der Waals surface area contributed by atoms with Gasteiger partial charge >= 0.3 is 0 Å². The quantitative estimate of drug-likeness (QED) is 0.452. The van der Waals surface area contributed by atoms with Gasteiger partial charge < -0.3 is 14.8 Å². The lowest BCUT2D eigenvalue weighted by Crippen LogP contribution is -2.25. The molecule has 3 aromatic heterocycles. The molecule has 158 valence electrons. The van der Waals surface area contributed by atoms with Crippen LogP contribution in [-0.4, -0.2) is 51.5 Å². The van der Waals surface area contributed by atoms with Crippen molar-refractivity contribution in [3.8, 4) is 22.9 Å². The van der Waals surface area contributed by atoms with Crippen molar-refractivity contribution in [2.75, 3.05) is 20.3 Å². The first-order valence-electron chi connectivity index (χ1n) is 9.89. The van der Waals surface area contributed by atoms with E-state index < -0.39 is 0 Å². The number of benzene rings is 1. The first-order chi connectivity index (χ1) is 15.2. The maximum Gasteiger partial charge on any atom is 0.251 e. The first-order valence-corrected chi connectivity index (χ1v) is 9.89. The zero-order valence-electron chi connectivity index (χ0n) is 17.3. The summed E-state index contributed by atoms with van der Waals surface area (Å²) in [5.41, 5.74) is 3.61. The third-order valence-electron chi connectivity index (χ3n) is 4.72. The van der Waals surface area contributed by atoms with Crippen LogP contribution in [0.25, 0.3) is 22.2 Å². The summed E-state index contributed by atoms with van der Waals surface area (Å²) >= 11 is 0. The lowest BCUT2D eigenvalue weighted by molar-refractivity contribution is 0.0954. The highest BCUT2D eigenvalue weighted by atomic mass is 16.5. The fourth-order valence-electron chi connectivity index (χ4n) is 3.19. The van der Waals surface area contributed by atoms with Gasteiger partial charge in [0.25, 0.3) is 5.91 Å². The average molecular weight is 418 g/mol. The topological polar surface area (TPSA) is 115 Å². The number of hydrogen-bond acceptors (Lipinski definition) is 7. The van der Waals surface area contributed by atoms with Gasteiger partial charge in [0, 0.05) is 47.8 Å². The third-order valence-corrected chi connectivity index (χ3v) is 4.72. The fraction of sp³-hybridized carbons (Fsp3) is 0.227. The molecular formula is C22H22N6O3. The molecule has 0 saturated heterocycles. The minimum atomic E-state index is -0.176. The van der Waals surface area contributed by atoms with E-state index in [0.717, 1.165) is 16.6 Å². The van der Waals surface area contributed by atoms with Gasteiger partial charge in [0.1, 0.15) is 5.75 Å². The molecule has 0 bridgehead atoms. The molecule has 0 radical (unpaired) electrons. The van der Waals surface area contributed by atoms with E-state index >= 15 is 0 Å². The number of amides is 1. The smallest absolute Gasteiger partial charge is 0.251 e. The zero-order chi connectivity index (χ0) is 21.6. The van der Waals surface area contributed by atoms with Gasteiger partial charge in [-0.3, -0.25) is 9.89 Å². The number of aromatic nitrogens is 5. The van der Waals surface area contributed by atoms with E-state index in [1.54, 1.807) is 31.6 Å². The molecule has 4 rings (SSSR count). The van der Waals surface area contributed by atoms with E-state index in [4.69, 9.17) is 14.5 Å². The van der Waals surface area contributed by atoms with E-state index in [9.17, 15) is 4.79 Å². The van der Waals surface area contributed by atoms with Crippen molar-refractivity contribution in [2.24, 2.45) is 0 Å². The predicted octanol–water partition coefficient (Wildman–Crippen LogP) is 2.79. The Labute approximate surface area is 178 Å². The molecule has 0 aliphatic rings. The van der Waals surface area contributed by atoms with Gasteiger partial charge in [-0.25, -0.2) is 9.97 Å². The van der Waals surface area contributed by atoms with Crippen molar-refractivity contribution >= 4 is 16.8 Å². The maximum absolute atomic E-state index is 12.6. The molecule has 1 amide bonds. The van der Waals surface area contributed by atoms with Crippen LogP contribution in [0.15, 0.2) is 48.8 Å². The normalized spacial score (nSPS) is 10.8. The lowest BCUT2D eigenvalue weighted by atomic mass is 10.1. The Balaban J connectivity index is 1.64. The van der Waals surface area contributed by atoms with E-state index in [1.165, 1.54) is 0 Å². The summed E-state index contributed by atoms with van der Waals surface area (Å²) in [6.07, 6.45) is 3.92. The van der Waals surface area contributed by atoms with Crippen LogP contribution in [0.5, 0.6) is 11.6 Å². The van der Waals surface area contributed by atoms with Gasteiger partial charge in [0.15, 0.2) is 0 Å². The van der Waals surface area contributed by atoms with Crippen LogP contribution in [-0.2, 0) is 6.42 Å². The second kappa shape index (κ2) is 9.21. The Morgan fingerprint density at radius 3 is 2.87 bits per heavy atom. The minimum absolute atomic E-state index is 0.176. The van der Waals surface area contributed by atoms with Crippen LogP contribution in [0.1, 0.15) is 23.0 Å². The van der Waals surface area contributed by atoms with Crippen molar-refractivity contribution in [2.45, 2.75) is 13.3 Å². The Morgan fingerprint density at radius 1 is 1.19 bits per heavy atom. The van der Waals surface area contributed by atoms with Gasteiger partial charge in [0.2, 0.25) is 5.88 Å². The summed E-state index contributed by atoms with van der Waals surface area (Å²) in [6, 6.07) is 11.0. The Kier molecular flexibility index (Phi) is 6.02. The summed E-state index contributed by atoms with van der Waals surface area (Å²) in [6.45, 7) is 2.91. The molecule has 0 fully saturated rings. The maximum atomic E-state index is 12.6. The number of aromatic amines is 1. The molecule has 4 aromatic rings. The molecule has 2 N–H and O–H groups in total. The van der Waals surface area contributed by atoms with E-state index in [-0.39, 0.29) is 5.91 Å². The van der Waals surface area contributed by atoms with Gasteiger partial charge in [0.05, 0.1) is 36.8 Å². The van der Waals surface area contributed by atoms with Crippen LogP contribution >= 0.6 is 0 Å². The van der Waals surface area contributed by atoms with Gasteiger partial charge in [-0.15, -0.1) is 5.10 Å². The third kappa shape index (κ3) is 4.61. The summed E-state index contributed by atoms with van der Waals surface area (Å²) in [5, 5.41) is 13.9. The number of ether oxygens (including phenoxy) is 2. The number of hydrogen-bond donors (Lipinski definition) is 2. The van der Waals surface area contributed by atoms with Crippen LogP contribution in [0, 0.1) is 0 Å². The lowest BCUT2D eigenvalue weighted by Gasteiger charge is -2.12. The minimum Gasteiger partial charge on any atom is -0.493 e. The van der Waals surface area contributed by atoms with Gasteiger partial charge in [-0.2, -0.15) is 0 Å². The largest absolute Gasteiger partial charge is 0.493 e. The van der Waals surface area contributed by atoms with Crippen molar-refractivity contribution in [3.05, 3.63) is 60.0 Å². The molecule has 1 aromatic carbocycles. The fourth-order valence-corrected chi connectivity index (χ4v) is 3.19. The van der Waals surface area contributed by atoms with Crippen LogP contribution in [0.2, 0.25) is 0 Å². The summed E-state index contributed by atoms with van der Waals surface area (Å²) in [5.74, 6) is 1.03. The predicted molar refractivity (Wildman–Crippen MR) is 115 cm³/mol. The monoisotopic (exact) mass is 418 g/mol. The van der Waals surface area contributed by atoms with E-state index in [0.29, 0.717) is 48.0 Å². The van der Waals surface area contributed by atoms with Crippen molar-refractivity contribution in [3.63, 3.8) is 0 Å². The number of carbonyl (C=O) groups is 1. The van der Waals surface area contributed by atoms with Crippen LogP contribution in [0.4, 0.5) is 0 Å². The van der Waals surface area contributed by atoms with E-state index in [2.05, 4.69) is 25.7 Å². The SMILES string of the molecule is CCOc1cc(-c2ccnc(OC)c2)nc2cc(C(=O)NCCc3cnn[nH]3)ccc12. The Hall–Kier alpha value is -4.01. The molecule has 0 spiro atoms. The number of pyridine rings is 2. The van der Waals surface area contributed by atoms with Crippen molar-refractivity contribution < 1.29 is 14.3 Å². The molecule has 3 heterocycles. The van der Waals surface area contributed by atoms with Crippen LogP contribution in [0.3, 0.4) is 0 Å². The number of carbonyl (C=O) groups excluding carboxylic acids is 1. The highest BCUT2D eigenvalue weighted by Gasteiger charge is 2.13.